The topological polar surface area (TPSA) is 54.5 Å². The second kappa shape index (κ2) is 7.19. The van der Waals surface area contributed by atoms with E-state index < -0.39 is 0 Å². The van der Waals surface area contributed by atoms with Crippen molar-refractivity contribution in [3.63, 3.8) is 0 Å². The van der Waals surface area contributed by atoms with E-state index in [0.29, 0.717) is 35.0 Å². The van der Waals surface area contributed by atoms with Crippen molar-refractivity contribution in [1.29, 1.82) is 0 Å². The summed E-state index contributed by atoms with van der Waals surface area (Å²) in [5.74, 6) is 1.29. The van der Waals surface area contributed by atoms with Gasteiger partial charge in [0.05, 0.1) is 12.2 Å². The molecule has 5 nitrogen and oxygen atoms in total. The summed E-state index contributed by atoms with van der Waals surface area (Å²) in [5.41, 5.74) is 1.09. The van der Waals surface area contributed by atoms with Crippen molar-refractivity contribution in [3.8, 4) is 5.75 Å². The van der Waals surface area contributed by atoms with Crippen molar-refractivity contribution in [2.45, 2.75) is 18.8 Å². The molecule has 0 saturated heterocycles. The highest BCUT2D eigenvalue weighted by atomic mass is 35.5. The first-order valence-electron chi connectivity index (χ1n) is 7.48. The molecule has 0 bridgehead atoms. The Morgan fingerprint density at radius 1 is 1.52 bits per heavy atom. The zero-order chi connectivity index (χ0) is 16.2. The van der Waals surface area contributed by atoms with E-state index in [1.165, 1.54) is 24.2 Å². The number of ether oxygens (including phenoxy) is 1. The maximum atomic E-state index is 12.1. The van der Waals surface area contributed by atoms with Gasteiger partial charge in [-0.25, -0.2) is 9.78 Å². The minimum absolute atomic E-state index is 0.184. The molecule has 2 aromatic rings. The Kier molecular flexibility index (Phi) is 5.03. The Morgan fingerprint density at radius 3 is 3.09 bits per heavy atom. The molecule has 1 saturated carbocycles. The van der Waals surface area contributed by atoms with Crippen molar-refractivity contribution in [1.82, 2.24) is 9.88 Å². The van der Waals surface area contributed by atoms with E-state index >= 15 is 0 Å². The number of nitrogens with one attached hydrogen (secondary N) is 1. The maximum Gasteiger partial charge on any atom is 0.323 e. The van der Waals surface area contributed by atoms with Gasteiger partial charge in [-0.05, 0) is 31.0 Å². The summed E-state index contributed by atoms with van der Waals surface area (Å²) in [6, 6.07) is 7.01. The van der Waals surface area contributed by atoms with E-state index in [9.17, 15) is 4.79 Å². The molecule has 0 unspecified atom stereocenters. The summed E-state index contributed by atoms with van der Waals surface area (Å²) in [4.78, 5) is 18.1. The zero-order valence-corrected chi connectivity index (χ0v) is 14.4. The van der Waals surface area contributed by atoms with Gasteiger partial charge in [0.25, 0.3) is 0 Å². The number of carbonyl (C=O) groups is 1. The first-order valence-corrected chi connectivity index (χ1v) is 8.73. The largest absolute Gasteiger partial charge is 0.492 e. The van der Waals surface area contributed by atoms with E-state index in [4.69, 9.17) is 16.3 Å². The number of hydrogen-bond donors (Lipinski definition) is 1. The highest BCUT2D eigenvalue weighted by molar-refractivity contribution is 7.13. The van der Waals surface area contributed by atoms with E-state index in [0.717, 1.165) is 5.69 Å². The first-order chi connectivity index (χ1) is 11.1. The minimum atomic E-state index is -0.184. The van der Waals surface area contributed by atoms with Gasteiger partial charge in [0, 0.05) is 23.4 Å². The van der Waals surface area contributed by atoms with Crippen molar-refractivity contribution >= 4 is 34.1 Å². The molecule has 1 heterocycles. The number of carbonyl (C=O) groups excluding carboxylic acids is 1. The summed E-state index contributed by atoms with van der Waals surface area (Å²) in [6.45, 7) is 0.870. The van der Waals surface area contributed by atoms with Crippen LogP contribution in [0.25, 0.3) is 0 Å². The number of rotatable bonds is 6. The summed E-state index contributed by atoms with van der Waals surface area (Å²) < 4.78 is 5.58. The van der Waals surface area contributed by atoms with Gasteiger partial charge in [-0.1, -0.05) is 17.7 Å². The lowest BCUT2D eigenvalue weighted by atomic mass is 10.3. The van der Waals surface area contributed by atoms with Gasteiger partial charge in [0.15, 0.2) is 5.13 Å². The average molecular weight is 352 g/mol. The third-order valence-electron chi connectivity index (χ3n) is 3.57. The van der Waals surface area contributed by atoms with Crippen LogP contribution in [0.5, 0.6) is 5.75 Å². The molecule has 0 atom stereocenters. The summed E-state index contributed by atoms with van der Waals surface area (Å²) in [7, 11) is 1.73. The van der Waals surface area contributed by atoms with Crippen LogP contribution in [0.15, 0.2) is 29.6 Å². The van der Waals surface area contributed by atoms with Gasteiger partial charge >= 0.3 is 6.03 Å². The number of nitrogens with zero attached hydrogens (tertiary/aromatic N) is 2. The Labute approximate surface area is 144 Å². The number of benzene rings is 1. The van der Waals surface area contributed by atoms with E-state index in [-0.39, 0.29) is 6.03 Å². The number of likely N-dealkylation sites (N-methyl/N-ethyl adjacent to an activating group) is 1. The molecule has 23 heavy (non-hydrogen) atoms. The molecule has 1 aromatic heterocycles. The van der Waals surface area contributed by atoms with E-state index in [1.807, 2.05) is 17.5 Å². The summed E-state index contributed by atoms with van der Waals surface area (Å²) in [6.07, 6.45) is 2.41. The smallest absolute Gasteiger partial charge is 0.323 e. The average Bonchev–Trinajstić information content (AvgIpc) is 3.27. The maximum absolute atomic E-state index is 12.1. The van der Waals surface area contributed by atoms with Crippen LogP contribution in [0, 0.1) is 0 Å². The van der Waals surface area contributed by atoms with E-state index in [2.05, 4.69) is 10.3 Å². The Balaban J connectivity index is 1.43. The summed E-state index contributed by atoms with van der Waals surface area (Å²) in [5, 5.41) is 6.12. The van der Waals surface area contributed by atoms with Crippen LogP contribution in [0.4, 0.5) is 9.93 Å². The van der Waals surface area contributed by atoms with Crippen LogP contribution >= 0.6 is 22.9 Å². The predicted octanol–water partition coefficient (Wildman–Crippen LogP) is 4.22. The number of halogens is 1. The lowest BCUT2D eigenvalue weighted by Crippen LogP contribution is -2.34. The van der Waals surface area contributed by atoms with Gasteiger partial charge < -0.3 is 9.64 Å². The quantitative estimate of drug-likeness (QED) is 0.847. The molecule has 1 aromatic carbocycles. The Hall–Kier alpha value is -1.79. The fourth-order valence-corrected chi connectivity index (χ4v) is 3.02. The Morgan fingerprint density at radius 2 is 2.35 bits per heavy atom. The number of anilines is 1. The van der Waals surface area contributed by atoms with Crippen molar-refractivity contribution in [2.75, 3.05) is 25.5 Å². The zero-order valence-electron chi connectivity index (χ0n) is 12.8. The molecular formula is C16H18ClN3O2S. The molecule has 1 aliphatic rings. The highest BCUT2D eigenvalue weighted by Crippen LogP contribution is 2.40. The molecule has 1 N–H and O–H groups in total. The predicted molar refractivity (Wildman–Crippen MR) is 92.7 cm³/mol. The number of urea groups is 1. The monoisotopic (exact) mass is 351 g/mol. The number of hydrogen-bond acceptors (Lipinski definition) is 4. The number of amides is 2. The molecular weight excluding hydrogens is 334 g/mol. The van der Waals surface area contributed by atoms with Crippen molar-refractivity contribution < 1.29 is 9.53 Å². The molecule has 3 rings (SSSR count). The fourth-order valence-electron chi connectivity index (χ4n) is 2.06. The fraction of sp³-hybridized carbons (Fsp3) is 0.375. The second-order valence-corrected chi connectivity index (χ2v) is 6.80. The SMILES string of the molecule is CN(CCOc1cccc(Cl)c1)C(=O)Nc1nc(C2CC2)cs1. The van der Waals surface area contributed by atoms with Gasteiger partial charge in [0.2, 0.25) is 0 Å². The lowest BCUT2D eigenvalue weighted by Gasteiger charge is -2.17. The third-order valence-corrected chi connectivity index (χ3v) is 4.58. The molecule has 7 heteroatoms. The highest BCUT2D eigenvalue weighted by Gasteiger charge is 2.26. The molecule has 122 valence electrons. The Bertz CT molecular complexity index is 687. The van der Waals surface area contributed by atoms with Crippen LogP contribution in [0.3, 0.4) is 0 Å². The van der Waals surface area contributed by atoms with Crippen LogP contribution in [-0.2, 0) is 0 Å². The first kappa shape index (κ1) is 16.1. The van der Waals surface area contributed by atoms with E-state index in [1.54, 1.807) is 24.1 Å². The second-order valence-electron chi connectivity index (χ2n) is 5.51. The number of thiazole rings is 1. The molecule has 0 radical (unpaired) electrons. The molecule has 0 spiro atoms. The van der Waals surface area contributed by atoms with Crippen LogP contribution < -0.4 is 10.1 Å². The molecule has 2 amide bonds. The lowest BCUT2D eigenvalue weighted by molar-refractivity contribution is 0.207. The van der Waals surface area contributed by atoms with Crippen LogP contribution in [0.2, 0.25) is 5.02 Å². The summed E-state index contributed by atoms with van der Waals surface area (Å²) >= 11 is 7.37. The van der Waals surface area contributed by atoms with Crippen LogP contribution in [-0.4, -0.2) is 36.1 Å². The van der Waals surface area contributed by atoms with Gasteiger partial charge in [-0.15, -0.1) is 11.3 Å². The standard InChI is InChI=1S/C16H18ClN3O2S/c1-20(7-8-22-13-4-2-3-12(17)9-13)16(21)19-15-18-14(10-23-15)11-5-6-11/h2-4,9-11H,5-8H2,1H3,(H,18,19,21). The van der Waals surface area contributed by atoms with Crippen LogP contribution in [0.1, 0.15) is 24.5 Å². The van der Waals surface area contributed by atoms with Gasteiger partial charge in [-0.3, -0.25) is 5.32 Å². The van der Waals surface area contributed by atoms with Crippen molar-refractivity contribution in [3.05, 3.63) is 40.4 Å². The molecule has 1 fully saturated rings. The normalized spacial score (nSPS) is 13.7. The van der Waals surface area contributed by atoms with Crippen molar-refractivity contribution in [2.24, 2.45) is 0 Å². The van der Waals surface area contributed by atoms with Gasteiger partial charge in [-0.2, -0.15) is 0 Å². The third kappa shape index (κ3) is 4.59. The van der Waals surface area contributed by atoms with Gasteiger partial charge in [0.1, 0.15) is 12.4 Å². The molecule has 0 aliphatic heterocycles. The molecule has 1 aliphatic carbocycles. The number of aromatic nitrogens is 1. The minimum Gasteiger partial charge on any atom is -0.492 e.